The first-order chi connectivity index (χ1) is 10.0. The molecule has 1 heterocycles. The van der Waals surface area contributed by atoms with E-state index in [9.17, 15) is 9.59 Å². The minimum atomic E-state index is -0.465. The summed E-state index contributed by atoms with van der Waals surface area (Å²) in [6.07, 6.45) is 0. The molecule has 2 rings (SSSR count). The van der Waals surface area contributed by atoms with Gasteiger partial charge in [-0.15, -0.1) is 0 Å². The van der Waals surface area contributed by atoms with E-state index in [-0.39, 0.29) is 5.91 Å². The molecule has 2 amide bonds. The lowest BCUT2D eigenvalue weighted by Crippen LogP contribution is -2.58. The van der Waals surface area contributed by atoms with Gasteiger partial charge in [-0.05, 0) is 6.07 Å². The fourth-order valence-corrected chi connectivity index (χ4v) is 2.62. The predicted molar refractivity (Wildman–Crippen MR) is 78.6 cm³/mol. The van der Waals surface area contributed by atoms with E-state index in [4.69, 9.17) is 10.5 Å². The molecule has 6 heteroatoms. The summed E-state index contributed by atoms with van der Waals surface area (Å²) in [5, 5.41) is 0. The Balaban J connectivity index is 2.15. The number of amides is 2. The van der Waals surface area contributed by atoms with Crippen molar-refractivity contribution in [3.05, 3.63) is 29.8 Å². The summed E-state index contributed by atoms with van der Waals surface area (Å²) < 4.78 is 5.33. The van der Waals surface area contributed by atoms with Crippen LogP contribution in [-0.2, 0) is 16.1 Å². The van der Waals surface area contributed by atoms with E-state index in [0.29, 0.717) is 26.2 Å². The quantitative estimate of drug-likeness (QED) is 0.860. The second-order valence-electron chi connectivity index (χ2n) is 5.17. The summed E-state index contributed by atoms with van der Waals surface area (Å²) in [6.45, 7) is 3.65. The molecule has 0 bridgehead atoms. The Morgan fingerprint density at radius 3 is 2.67 bits per heavy atom. The van der Waals surface area contributed by atoms with Crippen LogP contribution in [0.4, 0.5) is 0 Å². The third-order valence-electron chi connectivity index (χ3n) is 3.83. The number of hydrogen-bond acceptors (Lipinski definition) is 4. The maximum atomic E-state index is 11.7. The number of piperazine rings is 1. The highest BCUT2D eigenvalue weighted by molar-refractivity contribution is 5.82. The van der Waals surface area contributed by atoms with E-state index >= 15 is 0 Å². The minimum Gasteiger partial charge on any atom is -0.496 e. The summed E-state index contributed by atoms with van der Waals surface area (Å²) >= 11 is 0. The van der Waals surface area contributed by atoms with Crippen LogP contribution in [0.2, 0.25) is 0 Å². The van der Waals surface area contributed by atoms with E-state index < -0.39 is 11.9 Å². The first-order valence-corrected chi connectivity index (χ1v) is 6.93. The fraction of sp³-hybridized carbons (Fsp3) is 0.467. The number of benzene rings is 1. The summed E-state index contributed by atoms with van der Waals surface area (Å²) in [4.78, 5) is 26.8. The highest BCUT2D eigenvalue weighted by Gasteiger charge is 2.32. The molecular formula is C15H21N3O3. The van der Waals surface area contributed by atoms with Crippen molar-refractivity contribution in [3.8, 4) is 5.75 Å². The Labute approximate surface area is 124 Å². The van der Waals surface area contributed by atoms with Crippen molar-refractivity contribution in [3.63, 3.8) is 0 Å². The van der Waals surface area contributed by atoms with Crippen molar-refractivity contribution in [2.45, 2.75) is 19.5 Å². The van der Waals surface area contributed by atoms with Crippen LogP contribution in [0.25, 0.3) is 0 Å². The Bertz CT molecular complexity index is 533. The van der Waals surface area contributed by atoms with Gasteiger partial charge in [0.05, 0.1) is 7.11 Å². The standard InChI is InChI=1S/C15H21N3O3/c1-11(19)17-7-8-18(13(10-17)15(16)20)9-12-5-3-4-6-14(12)21-2/h3-6,13H,7-10H2,1-2H3,(H2,16,20). The van der Waals surface area contributed by atoms with E-state index in [1.165, 1.54) is 6.92 Å². The Hall–Kier alpha value is -2.08. The molecule has 1 aromatic rings. The number of hydrogen-bond donors (Lipinski definition) is 1. The van der Waals surface area contributed by atoms with Crippen LogP contribution in [0.3, 0.4) is 0 Å². The van der Waals surface area contributed by atoms with Crippen LogP contribution in [-0.4, -0.2) is 54.4 Å². The normalized spacial score (nSPS) is 19.3. The van der Waals surface area contributed by atoms with Gasteiger partial charge in [-0.1, -0.05) is 18.2 Å². The summed E-state index contributed by atoms with van der Waals surface area (Å²) in [5.41, 5.74) is 6.50. The maximum Gasteiger partial charge on any atom is 0.236 e. The lowest BCUT2D eigenvalue weighted by atomic mass is 10.1. The van der Waals surface area contributed by atoms with Crippen molar-refractivity contribution in [1.82, 2.24) is 9.80 Å². The first kappa shape index (κ1) is 15.3. The molecule has 0 aliphatic carbocycles. The molecule has 1 aliphatic heterocycles. The lowest BCUT2D eigenvalue weighted by molar-refractivity contribution is -0.135. The summed E-state index contributed by atoms with van der Waals surface area (Å²) in [5.74, 6) is 0.351. The van der Waals surface area contributed by atoms with Crippen molar-refractivity contribution < 1.29 is 14.3 Å². The van der Waals surface area contributed by atoms with Gasteiger partial charge >= 0.3 is 0 Å². The number of nitrogens with zero attached hydrogens (tertiary/aromatic N) is 2. The lowest BCUT2D eigenvalue weighted by Gasteiger charge is -2.39. The van der Waals surface area contributed by atoms with Gasteiger partial charge in [-0.3, -0.25) is 14.5 Å². The zero-order valence-corrected chi connectivity index (χ0v) is 12.4. The first-order valence-electron chi connectivity index (χ1n) is 6.93. The number of methoxy groups -OCH3 is 1. The number of carbonyl (C=O) groups is 2. The minimum absolute atomic E-state index is 0.0295. The molecule has 6 nitrogen and oxygen atoms in total. The van der Waals surface area contributed by atoms with Gasteiger partial charge in [0.1, 0.15) is 11.8 Å². The Kier molecular flexibility index (Phi) is 4.80. The second kappa shape index (κ2) is 6.58. The van der Waals surface area contributed by atoms with Crippen LogP contribution in [0, 0.1) is 0 Å². The number of ether oxygens (including phenoxy) is 1. The number of carbonyl (C=O) groups excluding carboxylic acids is 2. The molecule has 2 N–H and O–H groups in total. The van der Waals surface area contributed by atoms with E-state index in [2.05, 4.69) is 0 Å². The monoisotopic (exact) mass is 291 g/mol. The van der Waals surface area contributed by atoms with E-state index in [1.54, 1.807) is 12.0 Å². The number of nitrogens with two attached hydrogens (primary N) is 1. The molecule has 1 aromatic carbocycles. The molecule has 21 heavy (non-hydrogen) atoms. The maximum absolute atomic E-state index is 11.7. The number of para-hydroxylation sites is 1. The zero-order valence-electron chi connectivity index (χ0n) is 12.4. The van der Waals surface area contributed by atoms with Gasteiger partial charge in [-0.2, -0.15) is 0 Å². The SMILES string of the molecule is COc1ccccc1CN1CCN(C(C)=O)CC1C(N)=O. The zero-order chi connectivity index (χ0) is 15.4. The third kappa shape index (κ3) is 3.52. The molecule has 1 unspecified atom stereocenters. The van der Waals surface area contributed by atoms with Gasteiger partial charge in [-0.25, -0.2) is 0 Å². The van der Waals surface area contributed by atoms with Crippen molar-refractivity contribution in [2.24, 2.45) is 5.73 Å². The van der Waals surface area contributed by atoms with Gasteiger partial charge < -0.3 is 15.4 Å². The van der Waals surface area contributed by atoms with Crippen LogP contribution in [0.15, 0.2) is 24.3 Å². The molecule has 1 atom stereocenters. The molecule has 1 fully saturated rings. The van der Waals surface area contributed by atoms with Crippen LogP contribution < -0.4 is 10.5 Å². The van der Waals surface area contributed by atoms with Crippen molar-refractivity contribution >= 4 is 11.8 Å². The predicted octanol–water partition coefficient (Wildman–Crippen LogP) is 0.213. The molecule has 1 aliphatic rings. The van der Waals surface area contributed by atoms with Crippen LogP contribution >= 0.6 is 0 Å². The van der Waals surface area contributed by atoms with Gasteiger partial charge in [0, 0.05) is 38.7 Å². The number of rotatable bonds is 4. The van der Waals surface area contributed by atoms with Crippen LogP contribution in [0.5, 0.6) is 5.75 Å². The molecule has 0 spiro atoms. The number of primary amides is 1. The largest absolute Gasteiger partial charge is 0.496 e. The Morgan fingerprint density at radius 1 is 1.33 bits per heavy atom. The molecule has 114 valence electrons. The Morgan fingerprint density at radius 2 is 2.05 bits per heavy atom. The van der Waals surface area contributed by atoms with Gasteiger partial charge in [0.25, 0.3) is 0 Å². The van der Waals surface area contributed by atoms with Crippen molar-refractivity contribution in [2.75, 3.05) is 26.7 Å². The molecule has 0 saturated carbocycles. The smallest absolute Gasteiger partial charge is 0.236 e. The molecule has 0 radical (unpaired) electrons. The van der Waals surface area contributed by atoms with E-state index in [1.807, 2.05) is 29.2 Å². The highest BCUT2D eigenvalue weighted by atomic mass is 16.5. The topological polar surface area (TPSA) is 75.9 Å². The average Bonchev–Trinajstić information content (AvgIpc) is 2.47. The fourth-order valence-electron chi connectivity index (χ4n) is 2.62. The third-order valence-corrected chi connectivity index (χ3v) is 3.83. The molecular weight excluding hydrogens is 270 g/mol. The molecule has 1 saturated heterocycles. The van der Waals surface area contributed by atoms with Gasteiger partial charge in [0.15, 0.2) is 0 Å². The van der Waals surface area contributed by atoms with Crippen molar-refractivity contribution in [1.29, 1.82) is 0 Å². The summed E-state index contributed by atoms with van der Waals surface area (Å²) in [6, 6.07) is 7.23. The van der Waals surface area contributed by atoms with Crippen LogP contribution in [0.1, 0.15) is 12.5 Å². The summed E-state index contributed by atoms with van der Waals surface area (Å²) in [7, 11) is 1.62. The van der Waals surface area contributed by atoms with E-state index in [0.717, 1.165) is 11.3 Å². The second-order valence-corrected chi connectivity index (χ2v) is 5.17. The highest BCUT2D eigenvalue weighted by Crippen LogP contribution is 2.21. The average molecular weight is 291 g/mol. The molecule has 0 aromatic heterocycles. The van der Waals surface area contributed by atoms with Gasteiger partial charge in [0.2, 0.25) is 11.8 Å².